The molecule has 0 aromatic heterocycles. The van der Waals surface area contributed by atoms with E-state index in [-0.39, 0.29) is 30.2 Å². The Kier molecular flexibility index (Phi) is 8.21. The summed E-state index contributed by atoms with van der Waals surface area (Å²) in [4.78, 5) is 31.0. The van der Waals surface area contributed by atoms with E-state index in [0.717, 1.165) is 5.56 Å². The van der Waals surface area contributed by atoms with Gasteiger partial charge in [0, 0.05) is 28.3 Å². The zero-order chi connectivity index (χ0) is 29.1. The van der Waals surface area contributed by atoms with Crippen LogP contribution in [0.1, 0.15) is 43.9 Å². The summed E-state index contributed by atoms with van der Waals surface area (Å²) in [7, 11) is 0. The van der Waals surface area contributed by atoms with E-state index < -0.39 is 12.0 Å². The fourth-order valence-corrected chi connectivity index (χ4v) is 5.54. The number of phenolic OH excluding ortho intramolecular Hbond substituents is 1. The lowest BCUT2D eigenvalue weighted by atomic mass is 9.73. The van der Waals surface area contributed by atoms with E-state index in [2.05, 4.69) is 10.6 Å². The van der Waals surface area contributed by atoms with Crippen molar-refractivity contribution in [3.63, 3.8) is 0 Å². The molecule has 1 unspecified atom stereocenters. The summed E-state index contributed by atoms with van der Waals surface area (Å²) in [5, 5.41) is 27.9. The lowest BCUT2D eigenvalue weighted by molar-refractivity contribution is -0.136. The lowest BCUT2D eigenvalue weighted by Crippen LogP contribution is -2.38. The largest absolute Gasteiger partial charge is 0.506 e. The van der Waals surface area contributed by atoms with Crippen LogP contribution in [0, 0.1) is 5.41 Å². The third-order valence-corrected chi connectivity index (χ3v) is 7.39. The van der Waals surface area contributed by atoms with Gasteiger partial charge in [-0.05, 0) is 41.7 Å². The lowest BCUT2D eigenvalue weighted by Gasteiger charge is -2.37. The van der Waals surface area contributed by atoms with Gasteiger partial charge in [0.25, 0.3) is 0 Å². The predicted molar refractivity (Wildman–Crippen MR) is 156 cm³/mol. The van der Waals surface area contributed by atoms with E-state index in [9.17, 15) is 14.7 Å². The Bertz CT molecular complexity index is 1490. The Morgan fingerprint density at radius 3 is 2.63 bits per heavy atom. The van der Waals surface area contributed by atoms with Gasteiger partial charge in [-0.2, -0.15) is 0 Å². The Hall–Kier alpha value is -4.05. The van der Waals surface area contributed by atoms with Crippen molar-refractivity contribution >= 4 is 34.7 Å². The summed E-state index contributed by atoms with van der Waals surface area (Å²) in [6, 6.07) is 19.3. The number of carboxylic acid groups (broad SMARTS) is 1. The molecule has 41 heavy (non-hydrogen) atoms. The normalized spacial score (nSPS) is 17.8. The number of aliphatic carboxylic acids is 1. The molecule has 10 heteroatoms. The summed E-state index contributed by atoms with van der Waals surface area (Å²) < 4.78 is 5.98. The molecule has 0 bridgehead atoms. The maximum absolute atomic E-state index is 13.8. The highest BCUT2D eigenvalue weighted by molar-refractivity contribution is 6.31. The molecule has 9 nitrogen and oxygen atoms in total. The van der Waals surface area contributed by atoms with Gasteiger partial charge in [-0.25, -0.2) is 5.06 Å². The van der Waals surface area contributed by atoms with Gasteiger partial charge in [-0.15, -0.1) is 0 Å². The summed E-state index contributed by atoms with van der Waals surface area (Å²) in [6.45, 7) is 3.93. The number of ether oxygens (including phenoxy) is 1. The second-order valence-electron chi connectivity index (χ2n) is 10.9. The van der Waals surface area contributed by atoms with Crippen molar-refractivity contribution in [2.24, 2.45) is 5.41 Å². The number of ketones is 1. The van der Waals surface area contributed by atoms with Gasteiger partial charge >= 0.3 is 5.97 Å². The van der Waals surface area contributed by atoms with Gasteiger partial charge in [-0.3, -0.25) is 19.7 Å². The van der Waals surface area contributed by atoms with Crippen molar-refractivity contribution in [3.8, 4) is 11.5 Å². The Morgan fingerprint density at radius 2 is 1.90 bits per heavy atom. The topological polar surface area (TPSA) is 120 Å². The number of hydrogen-bond acceptors (Lipinski definition) is 8. The number of allylic oxidation sites excluding steroid dienone is 1. The summed E-state index contributed by atoms with van der Waals surface area (Å²) in [6.07, 6.45) is 0.868. The monoisotopic (exact) mass is 577 g/mol. The van der Waals surface area contributed by atoms with Crippen LogP contribution in [0.15, 0.2) is 78.0 Å². The zero-order valence-corrected chi connectivity index (χ0v) is 23.6. The number of phenols is 1. The first-order chi connectivity index (χ1) is 19.6. The number of hydrogen-bond donors (Lipinski definition) is 4. The summed E-state index contributed by atoms with van der Waals surface area (Å²) >= 11 is 6.90. The van der Waals surface area contributed by atoms with Crippen LogP contribution in [0.4, 0.5) is 11.4 Å². The van der Waals surface area contributed by atoms with Crippen molar-refractivity contribution in [3.05, 3.63) is 94.1 Å². The van der Waals surface area contributed by atoms with E-state index in [1.54, 1.807) is 36.4 Å². The molecule has 0 saturated carbocycles. The molecule has 3 aromatic carbocycles. The number of carbonyl (C=O) groups excluding carboxylic acids is 1. The minimum Gasteiger partial charge on any atom is -0.506 e. The number of carbonyl (C=O) groups is 2. The molecule has 0 saturated heterocycles. The first-order valence-corrected chi connectivity index (χ1v) is 13.7. The number of fused-ring (bicyclic) bond motifs is 1. The number of rotatable bonds is 9. The second-order valence-corrected chi connectivity index (χ2v) is 11.3. The van der Waals surface area contributed by atoms with E-state index in [1.807, 2.05) is 44.2 Å². The van der Waals surface area contributed by atoms with Crippen LogP contribution in [-0.4, -0.2) is 35.2 Å². The average Bonchev–Trinajstić information content (AvgIpc) is 3.05. The summed E-state index contributed by atoms with van der Waals surface area (Å²) in [5.41, 5.74) is 3.28. The van der Waals surface area contributed by atoms with Gasteiger partial charge < -0.3 is 20.3 Å². The maximum Gasteiger partial charge on any atom is 0.317 e. The molecule has 0 spiro atoms. The maximum atomic E-state index is 13.8. The first kappa shape index (κ1) is 28.5. The van der Waals surface area contributed by atoms with E-state index in [1.165, 1.54) is 5.06 Å². The predicted octanol–water partition coefficient (Wildman–Crippen LogP) is 5.80. The number of hydroxylamine groups is 1. The minimum absolute atomic E-state index is 0.0197. The number of benzene rings is 3. The second kappa shape index (κ2) is 11.8. The Morgan fingerprint density at radius 1 is 1.12 bits per heavy atom. The molecule has 4 N–H and O–H groups in total. The number of halogens is 1. The van der Waals surface area contributed by atoms with Gasteiger partial charge in [0.2, 0.25) is 0 Å². The van der Waals surface area contributed by atoms with Crippen LogP contribution in [0.3, 0.4) is 0 Å². The van der Waals surface area contributed by atoms with Gasteiger partial charge in [-0.1, -0.05) is 67.9 Å². The fourth-order valence-electron chi connectivity index (χ4n) is 5.27. The first-order valence-electron chi connectivity index (χ1n) is 13.3. The highest BCUT2D eigenvalue weighted by Crippen LogP contribution is 2.51. The van der Waals surface area contributed by atoms with Gasteiger partial charge in [0.1, 0.15) is 36.6 Å². The van der Waals surface area contributed by atoms with E-state index in [4.69, 9.17) is 26.3 Å². The van der Waals surface area contributed by atoms with Crippen LogP contribution in [0.2, 0.25) is 5.02 Å². The van der Waals surface area contributed by atoms with Crippen molar-refractivity contribution in [1.29, 1.82) is 0 Å². The van der Waals surface area contributed by atoms with Crippen LogP contribution >= 0.6 is 11.6 Å². The smallest absolute Gasteiger partial charge is 0.317 e. The van der Waals surface area contributed by atoms with Crippen molar-refractivity contribution in [2.45, 2.75) is 39.3 Å². The number of para-hydroxylation sites is 1. The highest BCUT2D eigenvalue weighted by atomic mass is 35.5. The standard InChI is InChI=1S/C31H32ClN3O6/c1-31(2)14-23-28(26(37)15-31)30(21-12-11-20(13-22(21)32)40-17-19-7-4-3-5-8-19)35(41-18-33-16-27(38)39)24-9-6-10-25(36)29(24)34-23/h3-13,30,33-34,36H,14-18H2,1-2H3,(H,38,39). The van der Waals surface area contributed by atoms with Crippen LogP contribution in [0.5, 0.6) is 11.5 Å². The zero-order valence-electron chi connectivity index (χ0n) is 22.8. The van der Waals surface area contributed by atoms with Crippen LogP contribution in [0.25, 0.3) is 0 Å². The fraction of sp³-hybridized carbons (Fsp3) is 0.290. The van der Waals surface area contributed by atoms with E-state index >= 15 is 0 Å². The third kappa shape index (κ3) is 6.32. The molecular weight excluding hydrogens is 546 g/mol. The van der Waals surface area contributed by atoms with Crippen LogP contribution < -0.4 is 20.4 Å². The molecular formula is C31H32ClN3O6. The van der Waals surface area contributed by atoms with Crippen molar-refractivity contribution < 1.29 is 29.4 Å². The number of anilines is 2. The van der Waals surface area contributed by atoms with Crippen LogP contribution in [-0.2, 0) is 21.0 Å². The Balaban J connectivity index is 1.58. The molecule has 1 atom stereocenters. The molecule has 1 aliphatic heterocycles. The molecule has 5 rings (SSSR count). The minimum atomic E-state index is -1.04. The number of carboxylic acids is 1. The number of Topliss-reactive ketones (excluding diaryl/α,β-unsaturated/α-hetero) is 1. The SMILES string of the molecule is CC1(C)CC(=O)C2=C(C1)Nc1c(O)cccc1N(OCNCC(=O)O)C2c1ccc(OCc2ccccc2)cc1Cl. The molecule has 2 aliphatic rings. The number of aromatic hydroxyl groups is 1. The molecule has 0 fully saturated rings. The summed E-state index contributed by atoms with van der Waals surface area (Å²) in [5.74, 6) is -0.569. The van der Waals surface area contributed by atoms with Crippen molar-refractivity contribution in [1.82, 2.24) is 5.32 Å². The molecule has 3 aromatic rings. The average molecular weight is 578 g/mol. The van der Waals surface area contributed by atoms with Gasteiger partial charge in [0.15, 0.2) is 5.78 Å². The molecule has 0 radical (unpaired) electrons. The highest BCUT2D eigenvalue weighted by Gasteiger charge is 2.43. The molecule has 1 aliphatic carbocycles. The van der Waals surface area contributed by atoms with Gasteiger partial charge in [0.05, 0.1) is 12.2 Å². The third-order valence-electron chi connectivity index (χ3n) is 7.06. The Labute approximate surface area is 243 Å². The van der Waals surface area contributed by atoms with Crippen molar-refractivity contribution in [2.75, 3.05) is 23.7 Å². The molecule has 0 amide bonds. The quantitative estimate of drug-likeness (QED) is 0.142. The van der Waals surface area contributed by atoms with E-state index in [0.29, 0.717) is 58.4 Å². The molecule has 1 heterocycles. The number of nitrogens with zero attached hydrogens (tertiary/aromatic N) is 1. The molecule has 214 valence electrons. The number of nitrogens with one attached hydrogen (secondary N) is 2.